The third-order valence-electron chi connectivity index (χ3n) is 0.996. The summed E-state index contributed by atoms with van der Waals surface area (Å²) in [6.07, 6.45) is -2.93. The van der Waals surface area contributed by atoms with Crippen molar-refractivity contribution < 1.29 is 17.9 Å². The minimum absolute atomic E-state index is 0.148. The van der Waals surface area contributed by atoms with Crippen molar-refractivity contribution in [3.05, 3.63) is 12.4 Å². The molecule has 0 spiro atoms. The maximum absolute atomic E-state index is 11.6. The number of nitrogens with two attached hydrogens (primary N) is 1. The standard InChI is InChI=1S/C5H5F3N4O/c6-5(7,8)13-4-2-10-3(12-9)1-11-4/h1-2H,9H2,(H,10,12). The van der Waals surface area contributed by atoms with Gasteiger partial charge in [0, 0.05) is 0 Å². The van der Waals surface area contributed by atoms with Gasteiger partial charge in [-0.05, 0) is 0 Å². The number of nitrogens with one attached hydrogen (secondary N) is 1. The zero-order chi connectivity index (χ0) is 9.90. The third kappa shape index (κ3) is 3.11. The minimum atomic E-state index is -4.76. The van der Waals surface area contributed by atoms with E-state index in [1.807, 2.05) is 0 Å². The van der Waals surface area contributed by atoms with Gasteiger partial charge in [0.1, 0.15) is 0 Å². The maximum Gasteiger partial charge on any atom is 0.574 e. The van der Waals surface area contributed by atoms with Crippen LogP contribution in [0.4, 0.5) is 19.0 Å². The van der Waals surface area contributed by atoms with Crippen LogP contribution in [0.25, 0.3) is 0 Å². The molecule has 8 heteroatoms. The molecule has 5 nitrogen and oxygen atoms in total. The first-order chi connectivity index (χ1) is 6.01. The minimum Gasteiger partial charge on any atom is -0.386 e. The van der Waals surface area contributed by atoms with Crippen molar-refractivity contribution >= 4 is 5.82 Å². The van der Waals surface area contributed by atoms with Crippen molar-refractivity contribution in [1.29, 1.82) is 0 Å². The fourth-order valence-corrected chi connectivity index (χ4v) is 0.562. The topological polar surface area (TPSA) is 73.1 Å². The number of nitrogens with zero attached hydrogens (tertiary/aromatic N) is 2. The van der Waals surface area contributed by atoms with Gasteiger partial charge in [0.2, 0.25) is 5.88 Å². The summed E-state index contributed by atoms with van der Waals surface area (Å²) in [6, 6.07) is 0. The highest BCUT2D eigenvalue weighted by atomic mass is 19.4. The van der Waals surface area contributed by atoms with Gasteiger partial charge in [0.15, 0.2) is 5.82 Å². The van der Waals surface area contributed by atoms with E-state index in [0.717, 1.165) is 12.4 Å². The first-order valence-electron chi connectivity index (χ1n) is 3.05. The summed E-state index contributed by atoms with van der Waals surface area (Å²) in [5.74, 6) is 4.43. The predicted octanol–water partition coefficient (Wildman–Crippen LogP) is 0.661. The first kappa shape index (κ1) is 9.52. The van der Waals surface area contributed by atoms with Crippen LogP contribution in [0, 0.1) is 0 Å². The molecule has 1 heterocycles. The van der Waals surface area contributed by atoms with Crippen LogP contribution in [-0.2, 0) is 0 Å². The highest BCUT2D eigenvalue weighted by Crippen LogP contribution is 2.19. The maximum atomic E-state index is 11.6. The van der Waals surface area contributed by atoms with Crippen LogP contribution >= 0.6 is 0 Å². The molecule has 0 saturated carbocycles. The van der Waals surface area contributed by atoms with E-state index in [-0.39, 0.29) is 5.82 Å². The number of hydrogen-bond acceptors (Lipinski definition) is 5. The van der Waals surface area contributed by atoms with Crippen molar-refractivity contribution in [2.75, 3.05) is 5.43 Å². The summed E-state index contributed by atoms with van der Waals surface area (Å²) < 4.78 is 38.2. The lowest BCUT2D eigenvalue weighted by Crippen LogP contribution is -2.18. The molecule has 0 atom stereocenters. The van der Waals surface area contributed by atoms with Crippen LogP contribution in [0.15, 0.2) is 12.4 Å². The molecule has 0 fully saturated rings. The third-order valence-corrected chi connectivity index (χ3v) is 0.996. The fraction of sp³-hybridized carbons (Fsp3) is 0.200. The van der Waals surface area contributed by atoms with E-state index in [1.165, 1.54) is 0 Å². The molecule has 0 radical (unpaired) electrons. The largest absolute Gasteiger partial charge is 0.574 e. The van der Waals surface area contributed by atoms with Gasteiger partial charge in [-0.15, -0.1) is 13.2 Å². The SMILES string of the molecule is NNc1cnc(OC(F)(F)F)cn1. The molecule has 0 aliphatic rings. The second-order valence-corrected chi connectivity index (χ2v) is 1.93. The Kier molecular flexibility index (Phi) is 2.52. The van der Waals surface area contributed by atoms with Gasteiger partial charge < -0.3 is 10.2 Å². The van der Waals surface area contributed by atoms with E-state index in [0.29, 0.717) is 0 Å². The molecule has 0 unspecified atom stereocenters. The number of hydrogen-bond donors (Lipinski definition) is 2. The lowest BCUT2D eigenvalue weighted by atomic mass is 10.6. The number of rotatable bonds is 2. The van der Waals surface area contributed by atoms with Crippen LogP contribution in [-0.4, -0.2) is 16.3 Å². The molecule has 0 aliphatic carbocycles. The van der Waals surface area contributed by atoms with Crippen LogP contribution in [0.5, 0.6) is 5.88 Å². The van der Waals surface area contributed by atoms with Crippen molar-refractivity contribution in [3.63, 3.8) is 0 Å². The number of hydrazine groups is 1. The molecule has 0 bridgehead atoms. The molecule has 3 N–H and O–H groups in total. The number of aromatic nitrogens is 2. The molecule has 1 rings (SSSR count). The lowest BCUT2D eigenvalue weighted by Gasteiger charge is -2.06. The second-order valence-electron chi connectivity index (χ2n) is 1.93. The predicted molar refractivity (Wildman–Crippen MR) is 36.5 cm³/mol. The Labute approximate surface area is 70.7 Å². The Bertz CT molecular complexity index is 272. The van der Waals surface area contributed by atoms with Crippen LogP contribution < -0.4 is 16.0 Å². The van der Waals surface area contributed by atoms with Crippen molar-refractivity contribution in [2.24, 2.45) is 5.84 Å². The Morgan fingerprint density at radius 1 is 1.31 bits per heavy atom. The van der Waals surface area contributed by atoms with Gasteiger partial charge in [0.05, 0.1) is 12.4 Å². The highest BCUT2D eigenvalue weighted by molar-refractivity contribution is 5.29. The highest BCUT2D eigenvalue weighted by Gasteiger charge is 2.31. The zero-order valence-corrected chi connectivity index (χ0v) is 6.17. The van der Waals surface area contributed by atoms with Crippen LogP contribution in [0.3, 0.4) is 0 Å². The van der Waals surface area contributed by atoms with E-state index in [2.05, 4.69) is 20.1 Å². The van der Waals surface area contributed by atoms with Crippen molar-refractivity contribution in [2.45, 2.75) is 6.36 Å². The summed E-state index contributed by atoms with van der Waals surface area (Å²) in [5.41, 5.74) is 2.11. The van der Waals surface area contributed by atoms with E-state index >= 15 is 0 Å². The number of nitrogen functional groups attached to an aromatic ring is 1. The molecule has 13 heavy (non-hydrogen) atoms. The summed E-state index contributed by atoms with van der Waals surface area (Å²) >= 11 is 0. The van der Waals surface area contributed by atoms with Gasteiger partial charge in [-0.3, -0.25) is 0 Å². The lowest BCUT2D eigenvalue weighted by molar-refractivity contribution is -0.276. The van der Waals surface area contributed by atoms with E-state index in [1.54, 1.807) is 0 Å². The van der Waals surface area contributed by atoms with Crippen LogP contribution in [0.1, 0.15) is 0 Å². The average molecular weight is 194 g/mol. The molecule has 0 aliphatic heterocycles. The summed E-state index contributed by atoms with van der Waals surface area (Å²) in [6.45, 7) is 0. The molecular weight excluding hydrogens is 189 g/mol. The average Bonchev–Trinajstić information content (AvgIpc) is 2.03. The zero-order valence-electron chi connectivity index (χ0n) is 6.17. The Hall–Kier alpha value is -1.57. The Morgan fingerprint density at radius 2 is 2.00 bits per heavy atom. The van der Waals surface area contributed by atoms with Gasteiger partial charge >= 0.3 is 6.36 Å². The van der Waals surface area contributed by atoms with Crippen molar-refractivity contribution in [1.82, 2.24) is 9.97 Å². The van der Waals surface area contributed by atoms with Gasteiger partial charge in [0.25, 0.3) is 0 Å². The Morgan fingerprint density at radius 3 is 2.38 bits per heavy atom. The van der Waals surface area contributed by atoms with Gasteiger partial charge in [-0.1, -0.05) is 0 Å². The molecule has 0 amide bonds. The monoisotopic (exact) mass is 194 g/mol. The fourth-order valence-electron chi connectivity index (χ4n) is 0.562. The normalized spacial score (nSPS) is 11.1. The first-order valence-corrected chi connectivity index (χ1v) is 3.05. The number of anilines is 1. The molecule has 0 saturated heterocycles. The number of halogens is 3. The number of ether oxygens (including phenoxy) is 1. The Balaban J connectivity index is 2.70. The molecule has 1 aromatic rings. The van der Waals surface area contributed by atoms with Crippen LogP contribution in [0.2, 0.25) is 0 Å². The molecule has 1 aromatic heterocycles. The quantitative estimate of drug-likeness (QED) is 0.534. The van der Waals surface area contributed by atoms with Gasteiger partial charge in [-0.2, -0.15) is 0 Å². The smallest absolute Gasteiger partial charge is 0.386 e. The van der Waals surface area contributed by atoms with E-state index < -0.39 is 12.2 Å². The summed E-state index contributed by atoms with van der Waals surface area (Å²) in [7, 11) is 0. The summed E-state index contributed by atoms with van der Waals surface area (Å²) in [5, 5.41) is 0. The molecular formula is C5H5F3N4O. The van der Waals surface area contributed by atoms with Gasteiger partial charge in [-0.25, -0.2) is 15.8 Å². The van der Waals surface area contributed by atoms with Crippen molar-refractivity contribution in [3.8, 4) is 5.88 Å². The van der Waals surface area contributed by atoms with E-state index in [9.17, 15) is 13.2 Å². The molecule has 0 aromatic carbocycles. The molecule has 72 valence electrons. The van der Waals surface area contributed by atoms with E-state index in [4.69, 9.17) is 5.84 Å². The summed E-state index contributed by atoms with van der Waals surface area (Å²) in [4.78, 5) is 6.75. The number of alkyl halides is 3. The second kappa shape index (κ2) is 3.44.